The van der Waals surface area contributed by atoms with E-state index in [1.54, 1.807) is 14.2 Å². The molecule has 6 rings (SSSR count). The Kier molecular flexibility index (Phi) is 5.34. The Morgan fingerprint density at radius 3 is 2.08 bits per heavy atom. The van der Waals surface area contributed by atoms with Crippen molar-refractivity contribution >= 4 is 27.1 Å². The van der Waals surface area contributed by atoms with Crippen LogP contribution in [-0.4, -0.2) is 14.2 Å². The van der Waals surface area contributed by atoms with Gasteiger partial charge >= 0.3 is 0 Å². The quantitative estimate of drug-likeness (QED) is 0.150. The van der Waals surface area contributed by atoms with Crippen LogP contribution in [0.4, 0.5) is 0 Å². The third-order valence-electron chi connectivity index (χ3n) is 7.27. The monoisotopic (exact) mass is 470 g/mol. The van der Waals surface area contributed by atoms with Crippen molar-refractivity contribution in [1.82, 2.24) is 0 Å². The van der Waals surface area contributed by atoms with Gasteiger partial charge in [-0.2, -0.15) is 4.40 Å². The molecule has 3 heteroatoms. The normalized spacial score (nSPS) is 11.3. The Hall–Kier alpha value is -4.37. The molecule has 2 heterocycles. The molecule has 0 bridgehead atoms. The molecule has 0 atom stereocenters. The predicted octanol–water partition coefficient (Wildman–Crippen LogP) is 7.70. The topological polar surface area (TPSA) is 22.6 Å². The number of aryl methyl sites for hydroxylation is 1. The molecule has 0 amide bonds. The zero-order valence-corrected chi connectivity index (χ0v) is 21.0. The second-order valence-corrected chi connectivity index (χ2v) is 9.32. The van der Waals surface area contributed by atoms with Gasteiger partial charge in [0.1, 0.15) is 11.5 Å². The second-order valence-electron chi connectivity index (χ2n) is 9.32. The molecule has 0 aliphatic carbocycles. The predicted molar refractivity (Wildman–Crippen MR) is 148 cm³/mol. The molecule has 0 unspecified atom stereocenters. The number of fused-ring (bicyclic) bond motifs is 4. The van der Waals surface area contributed by atoms with Gasteiger partial charge in [0, 0.05) is 17.7 Å². The van der Waals surface area contributed by atoms with Crippen molar-refractivity contribution in [3.05, 3.63) is 108 Å². The van der Waals surface area contributed by atoms with Gasteiger partial charge in [-0.25, -0.2) is 0 Å². The fourth-order valence-electron chi connectivity index (χ4n) is 5.20. The fraction of sp³-hybridized carbons (Fsp3) is 0.121. The summed E-state index contributed by atoms with van der Waals surface area (Å²) in [6.45, 7) is 4.25. The van der Waals surface area contributed by atoms with E-state index in [9.17, 15) is 0 Å². The smallest absolute Gasteiger partial charge is 0.219 e. The van der Waals surface area contributed by atoms with Crippen LogP contribution in [0, 0.1) is 13.8 Å². The molecular weight excluding hydrogens is 442 g/mol. The molecule has 0 spiro atoms. The number of nitrogens with zero attached hydrogens (tertiary/aromatic N) is 1. The standard InChI is InChI=1S/C33H28NO2/c1-21-16-27-17-31-28-19-29(25-12-10-24(11-13-25)23-8-6-5-7-9-23)32(35-3)18-26(28)14-15-34(31)20-30(27)33(36-4)22(21)2/h5-20H,1-4H3/q+1. The Balaban J connectivity index is 1.56. The summed E-state index contributed by atoms with van der Waals surface area (Å²) in [5, 5.41) is 4.61. The minimum Gasteiger partial charge on any atom is -0.496 e. The van der Waals surface area contributed by atoms with E-state index in [1.165, 1.54) is 33.0 Å². The molecule has 176 valence electrons. The Labute approximate surface area is 211 Å². The molecule has 0 saturated carbocycles. The highest BCUT2D eigenvalue weighted by atomic mass is 16.5. The van der Waals surface area contributed by atoms with Gasteiger partial charge in [-0.05, 0) is 64.6 Å². The summed E-state index contributed by atoms with van der Waals surface area (Å²) in [7, 11) is 3.49. The highest BCUT2D eigenvalue weighted by Crippen LogP contribution is 2.37. The van der Waals surface area contributed by atoms with Gasteiger partial charge in [0.2, 0.25) is 5.52 Å². The van der Waals surface area contributed by atoms with E-state index in [0.29, 0.717) is 0 Å². The lowest BCUT2D eigenvalue weighted by Gasteiger charge is -2.13. The number of hydrogen-bond donors (Lipinski definition) is 0. The largest absolute Gasteiger partial charge is 0.496 e. The molecular formula is C33H28NO2+. The van der Waals surface area contributed by atoms with E-state index in [0.717, 1.165) is 38.9 Å². The van der Waals surface area contributed by atoms with E-state index in [2.05, 4.69) is 110 Å². The molecule has 0 saturated heterocycles. The molecule has 4 aromatic carbocycles. The molecule has 36 heavy (non-hydrogen) atoms. The SMILES string of the molecule is COc1cc2cc[n+]3cc4c(OC)c(C)c(C)cc4cc3c2cc1-c1ccc(-c2ccccc2)cc1. The van der Waals surface area contributed by atoms with Gasteiger partial charge in [0.05, 0.1) is 25.0 Å². The van der Waals surface area contributed by atoms with Crippen molar-refractivity contribution in [2.45, 2.75) is 13.8 Å². The molecule has 0 fully saturated rings. The lowest BCUT2D eigenvalue weighted by molar-refractivity contribution is -0.509. The van der Waals surface area contributed by atoms with Gasteiger partial charge in [0.15, 0.2) is 12.4 Å². The van der Waals surface area contributed by atoms with E-state index < -0.39 is 0 Å². The summed E-state index contributed by atoms with van der Waals surface area (Å²) < 4.78 is 13.8. The van der Waals surface area contributed by atoms with Crippen LogP contribution in [0.1, 0.15) is 11.1 Å². The lowest BCUT2D eigenvalue weighted by atomic mass is 9.96. The maximum atomic E-state index is 5.84. The Morgan fingerprint density at radius 2 is 1.36 bits per heavy atom. The number of pyridine rings is 2. The van der Waals surface area contributed by atoms with Crippen molar-refractivity contribution < 1.29 is 13.9 Å². The molecule has 6 aromatic rings. The zero-order chi connectivity index (χ0) is 24.8. The first-order valence-electron chi connectivity index (χ1n) is 12.2. The summed E-state index contributed by atoms with van der Waals surface area (Å²) in [5.41, 5.74) is 8.17. The first-order valence-corrected chi connectivity index (χ1v) is 12.2. The van der Waals surface area contributed by atoms with Gasteiger partial charge in [-0.1, -0.05) is 60.7 Å². The summed E-state index contributed by atoms with van der Waals surface area (Å²) in [5.74, 6) is 1.81. The van der Waals surface area contributed by atoms with Crippen molar-refractivity contribution in [3.63, 3.8) is 0 Å². The maximum absolute atomic E-state index is 5.84. The van der Waals surface area contributed by atoms with Gasteiger partial charge in [-0.15, -0.1) is 0 Å². The molecule has 3 nitrogen and oxygen atoms in total. The molecule has 0 radical (unpaired) electrons. The van der Waals surface area contributed by atoms with Crippen LogP contribution in [0.15, 0.2) is 97.3 Å². The van der Waals surface area contributed by atoms with Crippen molar-refractivity contribution in [3.8, 4) is 33.8 Å². The molecule has 2 aromatic heterocycles. The third kappa shape index (κ3) is 3.56. The second kappa shape index (κ2) is 8.69. The van der Waals surface area contributed by atoms with Crippen molar-refractivity contribution in [1.29, 1.82) is 0 Å². The third-order valence-corrected chi connectivity index (χ3v) is 7.27. The first-order chi connectivity index (χ1) is 17.6. The fourth-order valence-corrected chi connectivity index (χ4v) is 5.20. The van der Waals surface area contributed by atoms with Crippen LogP contribution in [0.2, 0.25) is 0 Å². The van der Waals surface area contributed by atoms with Crippen molar-refractivity contribution in [2.24, 2.45) is 0 Å². The summed E-state index contributed by atoms with van der Waals surface area (Å²) in [4.78, 5) is 0. The van der Waals surface area contributed by atoms with E-state index in [1.807, 2.05) is 6.07 Å². The molecule has 0 aliphatic heterocycles. The van der Waals surface area contributed by atoms with Crippen molar-refractivity contribution in [2.75, 3.05) is 14.2 Å². The van der Waals surface area contributed by atoms with Crippen LogP contribution in [-0.2, 0) is 0 Å². The first kappa shape index (κ1) is 22.1. The number of rotatable bonds is 4. The number of methoxy groups -OCH3 is 2. The van der Waals surface area contributed by atoms with Crippen LogP contribution in [0.5, 0.6) is 11.5 Å². The van der Waals surface area contributed by atoms with Crippen LogP contribution >= 0.6 is 0 Å². The highest BCUT2D eigenvalue weighted by molar-refractivity contribution is 6.02. The van der Waals surface area contributed by atoms with Gasteiger partial charge in [-0.3, -0.25) is 0 Å². The number of aromatic nitrogens is 1. The summed E-state index contributed by atoms with van der Waals surface area (Å²) in [6.07, 6.45) is 4.29. The van der Waals surface area contributed by atoms with Gasteiger partial charge < -0.3 is 9.47 Å². The summed E-state index contributed by atoms with van der Waals surface area (Å²) in [6, 6.07) is 30.2. The Morgan fingerprint density at radius 1 is 0.639 bits per heavy atom. The van der Waals surface area contributed by atoms with E-state index in [4.69, 9.17) is 9.47 Å². The van der Waals surface area contributed by atoms with Gasteiger partial charge in [0.25, 0.3) is 0 Å². The van der Waals surface area contributed by atoms with E-state index >= 15 is 0 Å². The highest BCUT2D eigenvalue weighted by Gasteiger charge is 2.18. The number of ether oxygens (including phenoxy) is 2. The number of hydrogen-bond acceptors (Lipinski definition) is 2. The minimum absolute atomic E-state index is 0.869. The lowest BCUT2D eigenvalue weighted by Crippen LogP contribution is -2.21. The zero-order valence-electron chi connectivity index (χ0n) is 21.0. The van der Waals surface area contributed by atoms with Crippen LogP contribution in [0.3, 0.4) is 0 Å². The Bertz CT molecular complexity index is 1750. The summed E-state index contributed by atoms with van der Waals surface area (Å²) >= 11 is 0. The van der Waals surface area contributed by atoms with Crippen LogP contribution in [0.25, 0.3) is 49.3 Å². The molecule has 0 N–H and O–H groups in total. The van der Waals surface area contributed by atoms with Crippen LogP contribution < -0.4 is 13.9 Å². The maximum Gasteiger partial charge on any atom is 0.219 e. The average Bonchev–Trinajstić information content (AvgIpc) is 2.93. The average molecular weight is 471 g/mol. The number of benzene rings is 4. The van der Waals surface area contributed by atoms with E-state index in [-0.39, 0.29) is 0 Å². The molecule has 0 aliphatic rings. The minimum atomic E-state index is 0.869.